The molecule has 2 rings (SSSR count). The van der Waals surface area contributed by atoms with Crippen molar-refractivity contribution in [3.63, 3.8) is 0 Å². The highest BCUT2D eigenvalue weighted by molar-refractivity contribution is 9.10. The van der Waals surface area contributed by atoms with Crippen LogP contribution >= 0.6 is 27.3 Å². The monoisotopic (exact) mass is 313 g/mol. The highest BCUT2D eigenvalue weighted by Crippen LogP contribution is 2.23. The molecule has 0 aliphatic heterocycles. The van der Waals surface area contributed by atoms with E-state index in [2.05, 4.69) is 49.2 Å². The van der Waals surface area contributed by atoms with Gasteiger partial charge >= 0.3 is 0 Å². The van der Waals surface area contributed by atoms with Gasteiger partial charge in [-0.3, -0.25) is 0 Å². The van der Waals surface area contributed by atoms with Crippen LogP contribution in [0.4, 0.5) is 0 Å². The van der Waals surface area contributed by atoms with Crippen LogP contribution < -0.4 is 5.32 Å². The molecule has 2 heterocycles. The molecule has 0 aromatic carbocycles. The summed E-state index contributed by atoms with van der Waals surface area (Å²) >= 11 is 5.33. The second kappa shape index (κ2) is 6.33. The summed E-state index contributed by atoms with van der Waals surface area (Å²) in [6.07, 6.45) is 5.05. The zero-order valence-corrected chi connectivity index (χ0v) is 12.2. The van der Waals surface area contributed by atoms with Crippen LogP contribution in [0.3, 0.4) is 0 Å². The zero-order chi connectivity index (χ0) is 12.1. The van der Waals surface area contributed by atoms with Crippen molar-refractivity contribution in [1.29, 1.82) is 0 Å². The van der Waals surface area contributed by atoms with E-state index in [-0.39, 0.29) is 0 Å². The SMILES string of the molecule is CCCNCc1nccn1Cc1sccc1Br. The predicted octanol–water partition coefficient (Wildman–Crippen LogP) is 3.26. The number of hydrogen-bond donors (Lipinski definition) is 1. The van der Waals surface area contributed by atoms with E-state index in [9.17, 15) is 0 Å². The van der Waals surface area contributed by atoms with Gasteiger partial charge in [-0.05, 0) is 40.3 Å². The largest absolute Gasteiger partial charge is 0.329 e. The van der Waals surface area contributed by atoms with Gasteiger partial charge in [-0.2, -0.15) is 0 Å². The molecule has 0 spiro atoms. The van der Waals surface area contributed by atoms with Gasteiger partial charge in [0.1, 0.15) is 5.82 Å². The van der Waals surface area contributed by atoms with Gasteiger partial charge in [0.25, 0.3) is 0 Å². The zero-order valence-electron chi connectivity index (χ0n) is 9.82. The second-order valence-electron chi connectivity index (χ2n) is 3.84. The Hall–Kier alpha value is -0.650. The van der Waals surface area contributed by atoms with Crippen molar-refractivity contribution in [3.05, 3.63) is 39.0 Å². The quantitative estimate of drug-likeness (QED) is 0.830. The second-order valence-corrected chi connectivity index (χ2v) is 5.69. The van der Waals surface area contributed by atoms with Gasteiger partial charge in [0.15, 0.2) is 0 Å². The third-order valence-electron chi connectivity index (χ3n) is 2.52. The Morgan fingerprint density at radius 2 is 2.41 bits per heavy atom. The lowest BCUT2D eigenvalue weighted by molar-refractivity contribution is 0.617. The molecule has 0 fully saturated rings. The van der Waals surface area contributed by atoms with Crippen LogP contribution in [-0.4, -0.2) is 16.1 Å². The third kappa shape index (κ3) is 3.40. The van der Waals surface area contributed by atoms with Crippen molar-refractivity contribution >= 4 is 27.3 Å². The molecule has 0 radical (unpaired) electrons. The van der Waals surface area contributed by atoms with E-state index in [1.54, 1.807) is 11.3 Å². The van der Waals surface area contributed by atoms with Crippen LogP contribution in [0, 0.1) is 0 Å². The number of nitrogens with zero attached hydrogens (tertiary/aromatic N) is 2. The molecular weight excluding hydrogens is 298 g/mol. The van der Waals surface area contributed by atoms with Gasteiger partial charge in [-0.15, -0.1) is 11.3 Å². The van der Waals surface area contributed by atoms with Crippen LogP contribution in [0.2, 0.25) is 0 Å². The van der Waals surface area contributed by atoms with E-state index in [4.69, 9.17) is 0 Å². The molecule has 1 N–H and O–H groups in total. The van der Waals surface area contributed by atoms with Crippen LogP contribution in [0.15, 0.2) is 28.3 Å². The lowest BCUT2D eigenvalue weighted by Gasteiger charge is -2.07. The Balaban J connectivity index is 2.01. The molecule has 0 amide bonds. The predicted molar refractivity (Wildman–Crippen MR) is 75.3 cm³/mol. The molecule has 2 aromatic heterocycles. The van der Waals surface area contributed by atoms with Gasteiger partial charge in [-0.25, -0.2) is 4.98 Å². The van der Waals surface area contributed by atoms with E-state index in [0.717, 1.165) is 31.9 Å². The maximum absolute atomic E-state index is 4.39. The summed E-state index contributed by atoms with van der Waals surface area (Å²) in [6, 6.07) is 2.09. The van der Waals surface area contributed by atoms with E-state index in [0.29, 0.717) is 0 Å². The smallest absolute Gasteiger partial charge is 0.122 e. The molecular formula is C12H16BrN3S. The fourth-order valence-corrected chi connectivity index (χ4v) is 3.10. The molecule has 0 atom stereocenters. The molecule has 5 heteroatoms. The summed E-state index contributed by atoms with van der Waals surface area (Å²) in [5.41, 5.74) is 0. The number of hydrogen-bond acceptors (Lipinski definition) is 3. The molecule has 0 unspecified atom stereocenters. The van der Waals surface area contributed by atoms with E-state index in [1.165, 1.54) is 9.35 Å². The Morgan fingerprint density at radius 3 is 3.12 bits per heavy atom. The first kappa shape index (κ1) is 12.8. The summed E-state index contributed by atoms with van der Waals surface area (Å²) in [5, 5.41) is 5.48. The number of halogens is 1. The third-order valence-corrected chi connectivity index (χ3v) is 4.43. The molecule has 3 nitrogen and oxygen atoms in total. The van der Waals surface area contributed by atoms with E-state index >= 15 is 0 Å². The Morgan fingerprint density at radius 1 is 1.53 bits per heavy atom. The number of rotatable bonds is 6. The average Bonchev–Trinajstić information content (AvgIpc) is 2.91. The molecule has 17 heavy (non-hydrogen) atoms. The minimum Gasteiger partial charge on any atom is -0.329 e. The van der Waals surface area contributed by atoms with Gasteiger partial charge in [-0.1, -0.05) is 6.92 Å². The van der Waals surface area contributed by atoms with E-state index < -0.39 is 0 Å². The summed E-state index contributed by atoms with van der Waals surface area (Å²) in [4.78, 5) is 5.72. The first-order valence-electron chi connectivity index (χ1n) is 5.74. The minimum absolute atomic E-state index is 0.837. The average molecular weight is 314 g/mol. The summed E-state index contributed by atoms with van der Waals surface area (Å²) in [7, 11) is 0. The molecule has 0 saturated heterocycles. The maximum atomic E-state index is 4.39. The van der Waals surface area contributed by atoms with Gasteiger partial charge in [0, 0.05) is 21.7 Å². The Labute approximate surface area is 114 Å². The van der Waals surface area contributed by atoms with Crippen LogP contribution in [0.1, 0.15) is 24.0 Å². The molecule has 2 aromatic rings. The fraction of sp³-hybridized carbons (Fsp3) is 0.417. The summed E-state index contributed by atoms with van der Waals surface area (Å²) in [6.45, 7) is 4.93. The lowest BCUT2D eigenvalue weighted by atomic mass is 10.4. The molecule has 0 saturated carbocycles. The van der Waals surface area contributed by atoms with Crippen LogP contribution in [0.25, 0.3) is 0 Å². The van der Waals surface area contributed by atoms with Crippen molar-refractivity contribution in [2.24, 2.45) is 0 Å². The maximum Gasteiger partial charge on any atom is 0.122 e. The van der Waals surface area contributed by atoms with Gasteiger partial charge in [0.2, 0.25) is 0 Å². The minimum atomic E-state index is 0.837. The van der Waals surface area contributed by atoms with Crippen molar-refractivity contribution in [2.75, 3.05) is 6.54 Å². The topological polar surface area (TPSA) is 29.9 Å². The highest BCUT2D eigenvalue weighted by Gasteiger charge is 2.06. The van der Waals surface area contributed by atoms with E-state index in [1.807, 2.05) is 12.4 Å². The number of imidazole rings is 1. The molecule has 92 valence electrons. The number of aromatic nitrogens is 2. The van der Waals surface area contributed by atoms with Crippen molar-refractivity contribution in [2.45, 2.75) is 26.4 Å². The molecule has 0 aliphatic rings. The van der Waals surface area contributed by atoms with Crippen molar-refractivity contribution < 1.29 is 0 Å². The van der Waals surface area contributed by atoms with Crippen LogP contribution in [-0.2, 0) is 13.1 Å². The highest BCUT2D eigenvalue weighted by atomic mass is 79.9. The molecule has 0 bridgehead atoms. The van der Waals surface area contributed by atoms with Crippen molar-refractivity contribution in [3.8, 4) is 0 Å². The first-order chi connectivity index (χ1) is 8.31. The number of nitrogens with one attached hydrogen (secondary N) is 1. The Bertz CT molecular complexity index is 464. The number of thiophene rings is 1. The Kier molecular flexibility index (Phi) is 4.76. The first-order valence-corrected chi connectivity index (χ1v) is 7.41. The normalized spacial score (nSPS) is 10.9. The molecule has 0 aliphatic carbocycles. The van der Waals surface area contributed by atoms with Gasteiger partial charge < -0.3 is 9.88 Å². The lowest BCUT2D eigenvalue weighted by Crippen LogP contribution is -2.17. The summed E-state index contributed by atoms with van der Waals surface area (Å²) < 4.78 is 3.38. The van der Waals surface area contributed by atoms with Crippen molar-refractivity contribution in [1.82, 2.24) is 14.9 Å². The fourth-order valence-electron chi connectivity index (χ4n) is 1.62. The van der Waals surface area contributed by atoms with Crippen LogP contribution in [0.5, 0.6) is 0 Å². The standard InChI is InChI=1S/C12H16BrN3S/c1-2-4-14-8-12-15-5-6-16(12)9-11-10(13)3-7-17-11/h3,5-7,14H,2,4,8-9H2,1H3. The van der Waals surface area contributed by atoms with Gasteiger partial charge in [0.05, 0.1) is 13.1 Å². The summed E-state index contributed by atoms with van der Waals surface area (Å²) in [5.74, 6) is 1.10.